The highest BCUT2D eigenvalue weighted by atomic mass is 35.5. The lowest BCUT2D eigenvalue weighted by Gasteiger charge is -2.00. The van der Waals surface area contributed by atoms with E-state index in [0.29, 0.717) is 11.1 Å². The Bertz CT molecular complexity index is 515. The molecule has 2 rings (SSSR count). The summed E-state index contributed by atoms with van der Waals surface area (Å²) in [5, 5.41) is 9.37. The fraction of sp³-hybridized carbons (Fsp3) is 0.100. The van der Waals surface area contributed by atoms with E-state index < -0.39 is 4.84 Å². The first kappa shape index (κ1) is 11.6. The topological polar surface area (TPSA) is 46.3 Å². The summed E-state index contributed by atoms with van der Waals surface area (Å²) in [6.45, 7) is 0. The van der Waals surface area contributed by atoms with Gasteiger partial charge in [0.15, 0.2) is 10.4 Å². The molecule has 0 aliphatic rings. The van der Waals surface area contributed by atoms with Crippen LogP contribution in [-0.2, 0) is 0 Å². The molecular formula is C10H6Cl3NO2. The molecule has 0 amide bonds. The van der Waals surface area contributed by atoms with Crippen LogP contribution in [0.15, 0.2) is 34.4 Å². The number of alkyl halides is 2. The van der Waals surface area contributed by atoms with E-state index in [-0.39, 0.29) is 16.7 Å². The molecule has 0 bridgehead atoms. The lowest BCUT2D eigenvalue weighted by atomic mass is 10.3. The summed E-state index contributed by atoms with van der Waals surface area (Å²) in [5.41, 5.74) is 1.22. The Morgan fingerprint density at radius 2 is 2.00 bits per heavy atom. The lowest BCUT2D eigenvalue weighted by molar-refractivity contribution is 0.411. The van der Waals surface area contributed by atoms with E-state index in [2.05, 4.69) is 4.98 Å². The Balaban J connectivity index is 2.52. The lowest BCUT2D eigenvalue weighted by Crippen LogP contribution is -1.95. The van der Waals surface area contributed by atoms with Gasteiger partial charge in [-0.1, -0.05) is 46.9 Å². The Kier molecular flexibility index (Phi) is 3.28. The second-order valence-electron chi connectivity index (χ2n) is 2.99. The number of halogens is 3. The van der Waals surface area contributed by atoms with Crippen LogP contribution in [0, 0.1) is 0 Å². The number of rotatable bonds is 2. The van der Waals surface area contributed by atoms with Gasteiger partial charge in [-0.15, -0.1) is 0 Å². The van der Waals surface area contributed by atoms with Crippen LogP contribution in [0.2, 0.25) is 0 Å². The molecule has 0 saturated heterocycles. The van der Waals surface area contributed by atoms with Crippen molar-refractivity contribution in [2.24, 2.45) is 0 Å². The Labute approximate surface area is 106 Å². The molecule has 1 N–H and O–H groups in total. The van der Waals surface area contributed by atoms with Gasteiger partial charge in [-0.05, 0) is 12.1 Å². The summed E-state index contributed by atoms with van der Waals surface area (Å²) in [7, 11) is 0. The Hall–Kier alpha value is -0.900. The van der Waals surface area contributed by atoms with Crippen molar-refractivity contribution in [1.29, 1.82) is 0 Å². The van der Waals surface area contributed by atoms with Gasteiger partial charge in [0, 0.05) is 0 Å². The normalized spacial score (nSPS) is 13.2. The van der Waals surface area contributed by atoms with E-state index in [1.807, 2.05) is 6.07 Å². The molecule has 3 nitrogen and oxygen atoms in total. The van der Waals surface area contributed by atoms with Crippen LogP contribution in [0.25, 0.3) is 16.1 Å². The zero-order chi connectivity index (χ0) is 11.7. The predicted molar refractivity (Wildman–Crippen MR) is 64.9 cm³/mol. The van der Waals surface area contributed by atoms with Crippen LogP contribution in [0.5, 0.6) is 0 Å². The highest BCUT2D eigenvalue weighted by Gasteiger charge is 2.17. The number of benzene rings is 1. The third kappa shape index (κ3) is 2.12. The molecule has 16 heavy (non-hydrogen) atoms. The number of nitrogens with zero attached hydrogens (tertiary/aromatic N) is 1. The minimum absolute atomic E-state index is 0.0895. The molecule has 0 aliphatic carbocycles. The smallest absolute Gasteiger partial charge is 0.242 e. The number of oxazole rings is 1. The third-order valence-corrected chi connectivity index (χ3v) is 2.68. The van der Waals surface area contributed by atoms with Crippen LogP contribution >= 0.6 is 34.8 Å². The average Bonchev–Trinajstić information content (AvgIpc) is 2.70. The van der Waals surface area contributed by atoms with Crippen molar-refractivity contribution in [3.8, 4) is 0 Å². The van der Waals surface area contributed by atoms with Gasteiger partial charge in [0.25, 0.3) is 0 Å². The van der Waals surface area contributed by atoms with Crippen LogP contribution in [-0.4, -0.2) is 14.9 Å². The van der Waals surface area contributed by atoms with Gasteiger partial charge < -0.3 is 9.52 Å². The van der Waals surface area contributed by atoms with Crippen molar-refractivity contribution in [3.63, 3.8) is 0 Å². The molecule has 1 heterocycles. The Morgan fingerprint density at radius 3 is 2.62 bits per heavy atom. The van der Waals surface area contributed by atoms with Gasteiger partial charge in [-0.25, -0.2) is 4.98 Å². The fourth-order valence-corrected chi connectivity index (χ4v) is 1.69. The second kappa shape index (κ2) is 4.53. The summed E-state index contributed by atoms with van der Waals surface area (Å²) < 4.78 is 5.32. The molecule has 6 heteroatoms. The number of para-hydroxylation sites is 2. The number of aliphatic hydroxyl groups is 1. The van der Waals surface area contributed by atoms with E-state index in [1.54, 1.807) is 18.2 Å². The molecule has 84 valence electrons. The van der Waals surface area contributed by atoms with E-state index >= 15 is 0 Å². The van der Waals surface area contributed by atoms with Crippen molar-refractivity contribution in [2.45, 2.75) is 4.84 Å². The van der Waals surface area contributed by atoms with Crippen LogP contribution in [0.1, 0.15) is 5.89 Å². The molecule has 0 atom stereocenters. The number of hydrogen-bond donors (Lipinski definition) is 1. The minimum atomic E-state index is -1.11. The third-order valence-electron chi connectivity index (χ3n) is 1.91. The SMILES string of the molecule is OC(=C(Cl)c1nc2ccccc2o1)C(Cl)Cl. The Morgan fingerprint density at radius 1 is 1.31 bits per heavy atom. The van der Waals surface area contributed by atoms with Crippen molar-refractivity contribution in [1.82, 2.24) is 4.98 Å². The largest absolute Gasteiger partial charge is 0.508 e. The molecule has 1 aromatic carbocycles. The molecule has 0 unspecified atom stereocenters. The summed E-state index contributed by atoms with van der Waals surface area (Å²) >= 11 is 16.8. The molecule has 0 fully saturated rings. The number of aliphatic hydroxyl groups excluding tert-OH is 1. The van der Waals surface area contributed by atoms with Crippen LogP contribution in [0.3, 0.4) is 0 Å². The molecule has 0 radical (unpaired) electrons. The molecule has 0 aliphatic heterocycles. The van der Waals surface area contributed by atoms with Gasteiger partial charge in [0.1, 0.15) is 16.3 Å². The fourth-order valence-electron chi connectivity index (χ4n) is 1.17. The first-order valence-corrected chi connectivity index (χ1v) is 5.57. The molecule has 2 aromatic rings. The van der Waals surface area contributed by atoms with Gasteiger partial charge in [-0.3, -0.25) is 0 Å². The van der Waals surface area contributed by atoms with Gasteiger partial charge in [0.05, 0.1) is 0 Å². The number of allylic oxidation sites excluding steroid dienone is 1. The van der Waals surface area contributed by atoms with E-state index in [4.69, 9.17) is 39.2 Å². The first-order chi connectivity index (χ1) is 7.59. The van der Waals surface area contributed by atoms with Gasteiger partial charge in [0.2, 0.25) is 5.89 Å². The van der Waals surface area contributed by atoms with Crippen molar-refractivity contribution >= 4 is 50.9 Å². The average molecular weight is 279 g/mol. The number of fused-ring (bicyclic) bond motifs is 1. The van der Waals surface area contributed by atoms with Gasteiger partial charge >= 0.3 is 0 Å². The first-order valence-electron chi connectivity index (χ1n) is 4.32. The zero-order valence-electron chi connectivity index (χ0n) is 7.82. The van der Waals surface area contributed by atoms with E-state index in [0.717, 1.165) is 0 Å². The summed E-state index contributed by atoms with van der Waals surface area (Å²) in [6.07, 6.45) is 0. The summed E-state index contributed by atoms with van der Waals surface area (Å²) in [5.74, 6) is -0.289. The van der Waals surface area contributed by atoms with Crippen molar-refractivity contribution in [2.75, 3.05) is 0 Å². The maximum absolute atomic E-state index is 9.46. The molecule has 1 aromatic heterocycles. The van der Waals surface area contributed by atoms with Crippen molar-refractivity contribution in [3.05, 3.63) is 35.9 Å². The highest BCUT2D eigenvalue weighted by molar-refractivity contribution is 6.52. The quantitative estimate of drug-likeness (QED) is 0.664. The van der Waals surface area contributed by atoms with Crippen molar-refractivity contribution < 1.29 is 9.52 Å². The van der Waals surface area contributed by atoms with E-state index in [9.17, 15) is 5.11 Å². The van der Waals surface area contributed by atoms with E-state index in [1.165, 1.54) is 0 Å². The maximum atomic E-state index is 9.46. The van der Waals surface area contributed by atoms with Gasteiger partial charge in [-0.2, -0.15) is 0 Å². The standard InChI is InChI=1S/C10H6Cl3NO2/c11-7(8(15)9(12)13)10-14-5-3-1-2-4-6(5)16-10/h1-4,9,15H. The molecule has 0 saturated carbocycles. The number of hydrogen-bond acceptors (Lipinski definition) is 3. The second-order valence-corrected chi connectivity index (χ2v) is 4.46. The summed E-state index contributed by atoms with van der Waals surface area (Å²) in [4.78, 5) is 2.97. The van der Waals surface area contributed by atoms with Crippen LogP contribution < -0.4 is 0 Å². The van der Waals surface area contributed by atoms with Crippen LogP contribution in [0.4, 0.5) is 0 Å². The molecular weight excluding hydrogens is 272 g/mol. The summed E-state index contributed by atoms with van der Waals surface area (Å²) in [6, 6.07) is 7.13. The molecule has 0 spiro atoms. The number of aromatic nitrogens is 1. The monoisotopic (exact) mass is 277 g/mol. The highest BCUT2D eigenvalue weighted by Crippen LogP contribution is 2.28. The predicted octanol–water partition coefficient (Wildman–Crippen LogP) is 4.10. The zero-order valence-corrected chi connectivity index (χ0v) is 10.1. The maximum Gasteiger partial charge on any atom is 0.242 e. The minimum Gasteiger partial charge on any atom is -0.508 e.